The molecule has 0 aliphatic carbocycles. The molecule has 0 fully saturated rings. The maximum absolute atomic E-state index is 12.6. The number of halogens is 3. The summed E-state index contributed by atoms with van der Waals surface area (Å²) in [6, 6.07) is 4.25. The first kappa shape index (κ1) is 23.5. The van der Waals surface area contributed by atoms with Gasteiger partial charge in [0.25, 0.3) is 0 Å². The highest BCUT2D eigenvalue weighted by Crippen LogP contribution is 2.31. The van der Waals surface area contributed by atoms with Crippen LogP contribution < -0.4 is 10.1 Å². The number of aliphatic hydroxyl groups excluding tert-OH is 1. The molecule has 0 radical (unpaired) electrons. The minimum Gasteiger partial charge on any atom is -0.491 e. The van der Waals surface area contributed by atoms with Gasteiger partial charge >= 0.3 is 12.3 Å². The number of amides is 2. The smallest absolute Gasteiger partial charge is 0.416 e. The maximum Gasteiger partial charge on any atom is 0.416 e. The molecule has 10 heteroatoms. The summed E-state index contributed by atoms with van der Waals surface area (Å²) in [6.07, 6.45) is -6.31. The lowest BCUT2D eigenvalue weighted by atomic mass is 10.2. The Balaban J connectivity index is 2.39. The van der Waals surface area contributed by atoms with Crippen LogP contribution in [0.1, 0.15) is 26.3 Å². The summed E-state index contributed by atoms with van der Waals surface area (Å²) >= 11 is 0. The van der Waals surface area contributed by atoms with Gasteiger partial charge in [-0.3, -0.25) is 4.79 Å². The quantitative estimate of drug-likeness (QED) is 0.726. The Hall–Kier alpha value is -2.49. The Labute approximate surface area is 161 Å². The van der Waals surface area contributed by atoms with Gasteiger partial charge in [0.15, 0.2) is 0 Å². The fourth-order valence-corrected chi connectivity index (χ4v) is 1.92. The number of hydrogen-bond donors (Lipinski definition) is 2. The van der Waals surface area contributed by atoms with Gasteiger partial charge in [-0.2, -0.15) is 13.2 Å². The SMILES string of the molecule is CN(CC(=O)NCC(O)COc1cccc(C(F)(F)F)c1)C(=O)OC(C)(C)C. The fraction of sp³-hybridized carbons (Fsp3) is 0.556. The van der Waals surface area contributed by atoms with Gasteiger partial charge in [-0.25, -0.2) is 4.79 Å². The zero-order valence-corrected chi connectivity index (χ0v) is 16.2. The molecule has 7 nitrogen and oxygen atoms in total. The van der Waals surface area contributed by atoms with Gasteiger partial charge in [0, 0.05) is 13.6 Å². The van der Waals surface area contributed by atoms with E-state index in [1.807, 2.05) is 0 Å². The van der Waals surface area contributed by atoms with E-state index in [0.29, 0.717) is 0 Å². The lowest BCUT2D eigenvalue weighted by molar-refractivity contribution is -0.137. The Kier molecular flexibility index (Phi) is 8.10. The highest BCUT2D eigenvalue weighted by molar-refractivity contribution is 5.82. The van der Waals surface area contributed by atoms with Crippen LogP contribution in [0.4, 0.5) is 18.0 Å². The van der Waals surface area contributed by atoms with E-state index in [4.69, 9.17) is 9.47 Å². The van der Waals surface area contributed by atoms with Crippen LogP contribution >= 0.6 is 0 Å². The lowest BCUT2D eigenvalue weighted by Gasteiger charge is -2.24. The second kappa shape index (κ2) is 9.63. The normalized spacial score (nSPS) is 12.9. The van der Waals surface area contributed by atoms with Crippen LogP contribution in [0.5, 0.6) is 5.75 Å². The van der Waals surface area contributed by atoms with Gasteiger partial charge in [0.05, 0.1) is 5.56 Å². The van der Waals surface area contributed by atoms with Crippen LogP contribution in [-0.2, 0) is 15.7 Å². The average molecular weight is 406 g/mol. The molecule has 1 aromatic rings. The first-order valence-electron chi connectivity index (χ1n) is 8.47. The number of hydrogen-bond acceptors (Lipinski definition) is 5. The molecule has 0 aliphatic heterocycles. The molecule has 1 rings (SSSR count). The first-order valence-corrected chi connectivity index (χ1v) is 8.47. The zero-order valence-electron chi connectivity index (χ0n) is 16.2. The van der Waals surface area contributed by atoms with E-state index < -0.39 is 35.4 Å². The van der Waals surface area contributed by atoms with E-state index in [2.05, 4.69) is 5.32 Å². The highest BCUT2D eigenvalue weighted by Gasteiger charge is 2.30. The fourth-order valence-electron chi connectivity index (χ4n) is 1.92. The molecule has 0 heterocycles. The third-order valence-electron chi connectivity index (χ3n) is 3.22. The maximum atomic E-state index is 12.6. The molecule has 0 bridgehead atoms. The summed E-state index contributed by atoms with van der Waals surface area (Å²) in [5.41, 5.74) is -1.56. The number of carbonyl (C=O) groups excluding carboxylic acids is 2. The van der Waals surface area contributed by atoms with Crippen LogP contribution in [0.25, 0.3) is 0 Å². The Morgan fingerprint density at radius 1 is 1.25 bits per heavy atom. The van der Waals surface area contributed by atoms with E-state index in [9.17, 15) is 27.9 Å². The van der Waals surface area contributed by atoms with Crippen molar-refractivity contribution in [1.29, 1.82) is 0 Å². The highest BCUT2D eigenvalue weighted by atomic mass is 19.4. The molecular formula is C18H25F3N2O5. The van der Waals surface area contributed by atoms with Gasteiger partial charge in [-0.15, -0.1) is 0 Å². The van der Waals surface area contributed by atoms with Crippen LogP contribution in [0.15, 0.2) is 24.3 Å². The standard InChI is InChI=1S/C18H25F3N2O5/c1-17(2,3)28-16(26)23(4)10-15(25)22-9-13(24)11-27-14-7-5-6-12(8-14)18(19,20)21/h5-8,13,24H,9-11H2,1-4H3,(H,22,25). The summed E-state index contributed by atoms with van der Waals surface area (Å²) in [4.78, 5) is 24.7. The molecular weight excluding hydrogens is 381 g/mol. The lowest BCUT2D eigenvalue weighted by Crippen LogP contribution is -2.43. The zero-order chi connectivity index (χ0) is 21.5. The predicted octanol–water partition coefficient (Wildman–Crippen LogP) is 2.43. The second-order valence-electron chi connectivity index (χ2n) is 7.13. The van der Waals surface area contributed by atoms with Crippen LogP contribution in [-0.4, -0.2) is 60.5 Å². The largest absolute Gasteiger partial charge is 0.491 e. The van der Waals surface area contributed by atoms with E-state index in [-0.39, 0.29) is 25.4 Å². The Bertz CT molecular complexity index is 674. The number of nitrogens with one attached hydrogen (secondary N) is 1. The average Bonchev–Trinajstić information content (AvgIpc) is 2.56. The van der Waals surface area contributed by atoms with Crippen LogP contribution in [0.3, 0.4) is 0 Å². The van der Waals surface area contributed by atoms with Crippen molar-refractivity contribution in [2.75, 3.05) is 26.7 Å². The minimum atomic E-state index is -4.49. The molecule has 158 valence electrons. The molecule has 1 atom stereocenters. The van der Waals surface area contributed by atoms with Gasteiger partial charge < -0.3 is 24.8 Å². The van der Waals surface area contributed by atoms with Crippen LogP contribution in [0, 0.1) is 0 Å². The predicted molar refractivity (Wildman–Crippen MR) is 94.8 cm³/mol. The Morgan fingerprint density at radius 3 is 2.46 bits per heavy atom. The van der Waals surface area contributed by atoms with E-state index in [1.54, 1.807) is 20.8 Å². The molecule has 2 N–H and O–H groups in total. The monoisotopic (exact) mass is 406 g/mol. The number of benzene rings is 1. The minimum absolute atomic E-state index is 0.0511. The summed E-state index contributed by atoms with van der Waals surface area (Å²) in [6.45, 7) is 4.29. The van der Waals surface area contributed by atoms with Crippen molar-refractivity contribution in [2.45, 2.75) is 38.7 Å². The molecule has 0 saturated carbocycles. The molecule has 1 unspecified atom stereocenters. The summed E-state index contributed by atoms with van der Waals surface area (Å²) in [7, 11) is 1.39. The van der Waals surface area contributed by atoms with Gasteiger partial charge in [0.2, 0.25) is 5.91 Å². The van der Waals surface area contributed by atoms with Crippen molar-refractivity contribution in [1.82, 2.24) is 10.2 Å². The number of nitrogens with zero attached hydrogens (tertiary/aromatic N) is 1. The number of carbonyl (C=O) groups is 2. The third-order valence-corrected chi connectivity index (χ3v) is 3.22. The van der Waals surface area contributed by atoms with Crippen molar-refractivity contribution in [3.8, 4) is 5.75 Å². The van der Waals surface area contributed by atoms with Crippen LogP contribution in [0.2, 0.25) is 0 Å². The third kappa shape index (κ3) is 8.94. The summed E-state index contributed by atoms with van der Waals surface area (Å²) in [5, 5.41) is 12.2. The van der Waals surface area contributed by atoms with Crippen molar-refractivity contribution < 1.29 is 37.3 Å². The number of rotatable bonds is 7. The van der Waals surface area contributed by atoms with E-state index >= 15 is 0 Å². The van der Waals surface area contributed by atoms with Crippen molar-refractivity contribution in [3.63, 3.8) is 0 Å². The molecule has 28 heavy (non-hydrogen) atoms. The van der Waals surface area contributed by atoms with Crippen molar-refractivity contribution in [3.05, 3.63) is 29.8 Å². The molecule has 2 amide bonds. The second-order valence-corrected chi connectivity index (χ2v) is 7.13. The number of likely N-dealkylation sites (N-methyl/N-ethyl adjacent to an activating group) is 1. The topological polar surface area (TPSA) is 88.1 Å². The molecule has 0 aliphatic rings. The Morgan fingerprint density at radius 2 is 1.89 bits per heavy atom. The van der Waals surface area contributed by atoms with Crippen molar-refractivity contribution in [2.24, 2.45) is 0 Å². The summed E-state index contributed by atoms with van der Waals surface area (Å²) < 4.78 is 48.1. The van der Waals surface area contributed by atoms with E-state index in [1.165, 1.54) is 19.2 Å². The first-order chi connectivity index (χ1) is 12.8. The van der Waals surface area contributed by atoms with Gasteiger partial charge in [-0.05, 0) is 39.0 Å². The van der Waals surface area contributed by atoms with Crippen molar-refractivity contribution >= 4 is 12.0 Å². The number of aliphatic hydroxyl groups is 1. The number of ether oxygens (including phenoxy) is 2. The molecule has 0 saturated heterocycles. The molecule has 0 spiro atoms. The summed E-state index contributed by atoms with van der Waals surface area (Å²) in [5.74, 6) is -0.587. The number of alkyl halides is 3. The van der Waals surface area contributed by atoms with E-state index in [0.717, 1.165) is 17.0 Å². The van der Waals surface area contributed by atoms with Gasteiger partial charge in [-0.1, -0.05) is 6.07 Å². The molecule has 0 aromatic heterocycles. The van der Waals surface area contributed by atoms with Gasteiger partial charge in [0.1, 0.15) is 30.6 Å². The molecule has 1 aromatic carbocycles.